The molecule has 2 heterocycles. The van der Waals surface area contributed by atoms with E-state index in [9.17, 15) is 19.5 Å². The SMILES string of the molecule is Cc1cccc(N2C(=O)C(=C3C(=O)N(C(C)C(=O)O)c4ccccc43)SC2=S)c1C. The minimum absolute atomic E-state index is 0.198. The summed E-state index contributed by atoms with van der Waals surface area (Å²) < 4.78 is 0.339. The molecule has 1 saturated heterocycles. The van der Waals surface area contributed by atoms with Crippen molar-refractivity contribution in [2.24, 2.45) is 0 Å². The summed E-state index contributed by atoms with van der Waals surface area (Å²) in [6.45, 7) is 5.32. The fraction of sp³-hybridized carbons (Fsp3) is 0.182. The van der Waals surface area contributed by atoms with Crippen LogP contribution in [0, 0.1) is 13.8 Å². The molecule has 8 heteroatoms. The molecule has 2 aromatic carbocycles. The van der Waals surface area contributed by atoms with Crippen LogP contribution in [-0.4, -0.2) is 33.3 Å². The second-order valence-corrected chi connectivity index (χ2v) is 8.78. The molecule has 1 N–H and O–H groups in total. The number of anilines is 2. The predicted molar refractivity (Wildman–Crippen MR) is 122 cm³/mol. The number of carbonyl (C=O) groups excluding carboxylic acids is 2. The second kappa shape index (κ2) is 7.37. The van der Waals surface area contributed by atoms with Gasteiger partial charge in [-0.2, -0.15) is 0 Å². The lowest BCUT2D eigenvalue weighted by atomic mass is 10.1. The number of carbonyl (C=O) groups is 3. The summed E-state index contributed by atoms with van der Waals surface area (Å²) in [4.78, 5) is 41.2. The zero-order valence-electron chi connectivity index (χ0n) is 16.5. The molecule has 0 aromatic heterocycles. The molecular weight excluding hydrogens is 420 g/mol. The Balaban J connectivity index is 1.87. The van der Waals surface area contributed by atoms with Crippen molar-refractivity contribution >= 4 is 63.0 Å². The molecule has 0 saturated carbocycles. The van der Waals surface area contributed by atoms with Gasteiger partial charge in [-0.3, -0.25) is 19.4 Å². The summed E-state index contributed by atoms with van der Waals surface area (Å²) in [6.07, 6.45) is 0. The zero-order chi connectivity index (χ0) is 21.7. The number of carboxylic acid groups (broad SMARTS) is 1. The highest BCUT2D eigenvalue weighted by Crippen LogP contribution is 2.46. The summed E-state index contributed by atoms with van der Waals surface area (Å²) >= 11 is 6.56. The molecule has 2 aromatic rings. The van der Waals surface area contributed by atoms with Gasteiger partial charge in [0, 0.05) is 5.56 Å². The first-order valence-corrected chi connectivity index (χ1v) is 10.5. The molecule has 30 heavy (non-hydrogen) atoms. The molecule has 2 aliphatic rings. The highest BCUT2D eigenvalue weighted by molar-refractivity contribution is 8.27. The van der Waals surface area contributed by atoms with Gasteiger partial charge in [0.25, 0.3) is 11.8 Å². The summed E-state index contributed by atoms with van der Waals surface area (Å²) in [5.74, 6) is -2.00. The fourth-order valence-electron chi connectivity index (χ4n) is 3.66. The van der Waals surface area contributed by atoms with Gasteiger partial charge in [-0.1, -0.05) is 54.3 Å². The average molecular weight is 439 g/mol. The average Bonchev–Trinajstić information content (AvgIpc) is 3.15. The number of fused-ring (bicyclic) bond motifs is 1. The van der Waals surface area contributed by atoms with Crippen LogP contribution in [0.3, 0.4) is 0 Å². The number of aryl methyl sites for hydroxylation is 1. The topological polar surface area (TPSA) is 77.9 Å². The van der Waals surface area contributed by atoms with Crippen LogP contribution in [0.1, 0.15) is 23.6 Å². The van der Waals surface area contributed by atoms with E-state index in [2.05, 4.69) is 0 Å². The van der Waals surface area contributed by atoms with Crippen LogP contribution in [0.4, 0.5) is 11.4 Å². The van der Waals surface area contributed by atoms with E-state index in [1.807, 2.05) is 32.0 Å². The van der Waals surface area contributed by atoms with Gasteiger partial charge in [-0.25, -0.2) is 4.79 Å². The second-order valence-electron chi connectivity index (χ2n) is 7.14. The third kappa shape index (κ3) is 2.95. The minimum Gasteiger partial charge on any atom is -0.480 e. The first-order valence-electron chi connectivity index (χ1n) is 9.26. The van der Waals surface area contributed by atoms with Crippen LogP contribution in [0.2, 0.25) is 0 Å². The summed E-state index contributed by atoms with van der Waals surface area (Å²) in [7, 11) is 0. The van der Waals surface area contributed by atoms with Crippen LogP contribution < -0.4 is 9.80 Å². The van der Waals surface area contributed by atoms with Gasteiger partial charge in [0.2, 0.25) is 0 Å². The van der Waals surface area contributed by atoms with E-state index in [0.29, 0.717) is 21.3 Å². The first-order chi connectivity index (χ1) is 14.2. The van der Waals surface area contributed by atoms with Gasteiger partial charge in [0.05, 0.1) is 21.9 Å². The highest BCUT2D eigenvalue weighted by Gasteiger charge is 2.44. The van der Waals surface area contributed by atoms with Crippen molar-refractivity contribution in [3.05, 3.63) is 64.1 Å². The Bertz CT molecular complexity index is 1170. The van der Waals surface area contributed by atoms with E-state index in [4.69, 9.17) is 12.2 Å². The highest BCUT2D eigenvalue weighted by atomic mass is 32.2. The molecule has 4 rings (SSSR count). The van der Waals surface area contributed by atoms with E-state index >= 15 is 0 Å². The standard InChI is InChI=1S/C22H18N2O4S2/c1-11-7-6-10-15(12(11)2)24-20(26)18(30-22(24)29)17-14-8-4-5-9-16(14)23(19(17)25)13(3)21(27)28/h4-10,13H,1-3H3,(H,27,28). The van der Waals surface area contributed by atoms with Gasteiger partial charge in [0.15, 0.2) is 4.32 Å². The summed E-state index contributed by atoms with van der Waals surface area (Å²) in [5.41, 5.74) is 3.85. The van der Waals surface area contributed by atoms with Gasteiger partial charge in [-0.05, 0) is 44.0 Å². The van der Waals surface area contributed by atoms with E-state index in [-0.39, 0.29) is 16.4 Å². The summed E-state index contributed by atoms with van der Waals surface area (Å²) in [5, 5.41) is 9.47. The third-order valence-electron chi connectivity index (χ3n) is 5.42. The Morgan fingerprint density at radius 1 is 1.03 bits per heavy atom. The van der Waals surface area contributed by atoms with Crippen molar-refractivity contribution in [3.63, 3.8) is 0 Å². The Hall–Kier alpha value is -2.97. The number of hydrogen-bond acceptors (Lipinski definition) is 5. The van der Waals surface area contributed by atoms with Crippen molar-refractivity contribution in [2.75, 3.05) is 9.80 Å². The van der Waals surface area contributed by atoms with E-state index in [1.54, 1.807) is 24.3 Å². The molecule has 152 valence electrons. The lowest BCUT2D eigenvalue weighted by Crippen LogP contribution is -2.41. The van der Waals surface area contributed by atoms with Crippen molar-refractivity contribution in [2.45, 2.75) is 26.8 Å². The number of amides is 2. The molecule has 1 atom stereocenters. The Morgan fingerprint density at radius 3 is 2.40 bits per heavy atom. The van der Waals surface area contributed by atoms with Gasteiger partial charge in [0.1, 0.15) is 6.04 Å². The van der Waals surface area contributed by atoms with Crippen molar-refractivity contribution in [3.8, 4) is 0 Å². The molecule has 0 spiro atoms. The van der Waals surface area contributed by atoms with Crippen molar-refractivity contribution in [1.82, 2.24) is 0 Å². The molecule has 0 radical (unpaired) electrons. The lowest BCUT2D eigenvalue weighted by molar-refractivity contribution is -0.139. The Kier molecular flexibility index (Phi) is 4.99. The molecule has 0 aliphatic carbocycles. The molecule has 1 unspecified atom stereocenters. The molecule has 2 aliphatic heterocycles. The fourth-order valence-corrected chi connectivity index (χ4v) is 5.02. The van der Waals surface area contributed by atoms with Crippen molar-refractivity contribution in [1.29, 1.82) is 0 Å². The zero-order valence-corrected chi connectivity index (χ0v) is 18.1. The number of thiocarbonyl (C=S) groups is 1. The number of hydrogen-bond donors (Lipinski definition) is 1. The number of thioether (sulfide) groups is 1. The monoisotopic (exact) mass is 438 g/mol. The smallest absolute Gasteiger partial charge is 0.326 e. The Morgan fingerprint density at radius 2 is 1.70 bits per heavy atom. The maximum absolute atomic E-state index is 13.4. The van der Waals surface area contributed by atoms with Crippen LogP contribution >= 0.6 is 24.0 Å². The number of rotatable bonds is 3. The molecule has 2 amide bonds. The van der Waals surface area contributed by atoms with Crippen LogP contribution in [0.5, 0.6) is 0 Å². The van der Waals surface area contributed by atoms with E-state index < -0.39 is 17.9 Å². The molecule has 6 nitrogen and oxygen atoms in total. The van der Waals surface area contributed by atoms with E-state index in [1.165, 1.54) is 16.7 Å². The van der Waals surface area contributed by atoms with Crippen molar-refractivity contribution < 1.29 is 19.5 Å². The number of aliphatic carboxylic acids is 1. The van der Waals surface area contributed by atoms with Crippen LogP contribution in [0.15, 0.2) is 47.4 Å². The predicted octanol–water partition coefficient (Wildman–Crippen LogP) is 3.90. The molecule has 0 bridgehead atoms. The molecule has 1 fully saturated rings. The number of para-hydroxylation sites is 1. The quantitative estimate of drug-likeness (QED) is 0.579. The largest absolute Gasteiger partial charge is 0.480 e. The van der Waals surface area contributed by atoms with Crippen LogP contribution in [0.25, 0.3) is 5.57 Å². The van der Waals surface area contributed by atoms with Crippen LogP contribution in [-0.2, 0) is 14.4 Å². The first kappa shape index (κ1) is 20.3. The summed E-state index contributed by atoms with van der Waals surface area (Å²) in [6, 6.07) is 11.5. The maximum Gasteiger partial charge on any atom is 0.326 e. The number of benzene rings is 2. The number of nitrogens with zero attached hydrogens (tertiary/aromatic N) is 2. The lowest BCUT2D eigenvalue weighted by Gasteiger charge is -2.21. The Labute approximate surface area is 183 Å². The molecular formula is C22H18N2O4S2. The third-order valence-corrected chi connectivity index (χ3v) is 6.80. The maximum atomic E-state index is 13.4. The number of carboxylic acids is 1. The van der Waals surface area contributed by atoms with Gasteiger partial charge >= 0.3 is 5.97 Å². The van der Waals surface area contributed by atoms with Gasteiger partial charge in [-0.15, -0.1) is 0 Å². The van der Waals surface area contributed by atoms with E-state index in [0.717, 1.165) is 22.9 Å². The van der Waals surface area contributed by atoms with Gasteiger partial charge < -0.3 is 5.11 Å². The minimum atomic E-state index is -1.12. The normalized spacial score (nSPS) is 19.5.